The Bertz CT molecular complexity index is 471. The first-order valence-electron chi connectivity index (χ1n) is 4.78. The molecular formula is C11H12INO4. The van der Waals surface area contributed by atoms with Gasteiger partial charge in [0, 0.05) is 5.56 Å². The molecule has 1 rings (SSSR count). The summed E-state index contributed by atoms with van der Waals surface area (Å²) in [4.78, 5) is 22.6. The normalized spacial score (nSPS) is 11.0. The molecule has 0 radical (unpaired) electrons. The van der Waals surface area contributed by atoms with E-state index in [-0.39, 0.29) is 11.3 Å². The lowest BCUT2D eigenvalue weighted by atomic mass is 10.1. The predicted octanol–water partition coefficient (Wildman–Crippen LogP) is 1.59. The van der Waals surface area contributed by atoms with Gasteiger partial charge >= 0.3 is 5.97 Å². The van der Waals surface area contributed by atoms with Crippen LogP contribution in [-0.2, 0) is 4.79 Å². The Kier molecular flexibility index (Phi) is 3.97. The summed E-state index contributed by atoms with van der Waals surface area (Å²) < 4.78 is 0.622. The van der Waals surface area contributed by atoms with Gasteiger partial charge in [0.25, 0.3) is 5.91 Å². The van der Waals surface area contributed by atoms with E-state index in [9.17, 15) is 14.7 Å². The number of phenols is 1. The number of amides is 1. The highest BCUT2D eigenvalue weighted by Gasteiger charge is 2.29. The first kappa shape index (κ1) is 13.8. The number of halogens is 1. The number of nitrogens with one attached hydrogen (secondary N) is 1. The molecule has 92 valence electrons. The summed E-state index contributed by atoms with van der Waals surface area (Å²) in [6.45, 7) is 2.78. The van der Waals surface area contributed by atoms with E-state index in [1.165, 1.54) is 26.0 Å². The quantitative estimate of drug-likeness (QED) is 0.724. The lowest BCUT2D eigenvalue weighted by Gasteiger charge is -2.21. The fraction of sp³-hybridized carbons (Fsp3) is 0.273. The zero-order chi connectivity index (χ0) is 13.2. The average molecular weight is 349 g/mol. The van der Waals surface area contributed by atoms with Crippen molar-refractivity contribution in [3.63, 3.8) is 0 Å². The summed E-state index contributed by atoms with van der Waals surface area (Å²) in [6, 6.07) is 4.41. The number of carboxylic acid groups (broad SMARTS) is 1. The molecule has 5 nitrogen and oxygen atoms in total. The number of hydrogen-bond acceptors (Lipinski definition) is 3. The monoisotopic (exact) mass is 349 g/mol. The fourth-order valence-corrected chi connectivity index (χ4v) is 1.40. The van der Waals surface area contributed by atoms with Crippen molar-refractivity contribution in [2.24, 2.45) is 0 Å². The predicted molar refractivity (Wildman–Crippen MR) is 70.0 cm³/mol. The smallest absolute Gasteiger partial charge is 0.328 e. The molecule has 0 aliphatic heterocycles. The molecule has 1 aromatic carbocycles. The first-order chi connectivity index (χ1) is 7.74. The largest absolute Gasteiger partial charge is 0.507 e. The lowest BCUT2D eigenvalue weighted by Crippen LogP contribution is -2.49. The third kappa shape index (κ3) is 3.32. The number of phenolic OH excluding ortho intramolecular Hbond substituents is 1. The number of benzene rings is 1. The molecule has 17 heavy (non-hydrogen) atoms. The van der Waals surface area contributed by atoms with E-state index in [0.29, 0.717) is 3.57 Å². The van der Waals surface area contributed by atoms with Crippen LogP contribution in [-0.4, -0.2) is 27.6 Å². The molecule has 1 aromatic rings. The highest BCUT2D eigenvalue weighted by atomic mass is 127. The van der Waals surface area contributed by atoms with Gasteiger partial charge < -0.3 is 15.5 Å². The summed E-state index contributed by atoms with van der Waals surface area (Å²) in [6.07, 6.45) is 0. The molecule has 0 fully saturated rings. The summed E-state index contributed by atoms with van der Waals surface area (Å²) in [7, 11) is 0. The van der Waals surface area contributed by atoms with Crippen LogP contribution >= 0.6 is 22.6 Å². The van der Waals surface area contributed by atoms with Crippen molar-refractivity contribution in [1.29, 1.82) is 0 Å². The summed E-state index contributed by atoms with van der Waals surface area (Å²) in [5, 5.41) is 20.7. The zero-order valence-corrected chi connectivity index (χ0v) is 11.5. The molecule has 0 aromatic heterocycles. The molecule has 0 saturated heterocycles. The van der Waals surface area contributed by atoms with Crippen LogP contribution in [0.3, 0.4) is 0 Å². The van der Waals surface area contributed by atoms with Crippen molar-refractivity contribution in [1.82, 2.24) is 5.32 Å². The molecule has 0 aliphatic rings. The maximum atomic E-state index is 11.7. The fourth-order valence-electron chi connectivity index (χ4n) is 1.06. The van der Waals surface area contributed by atoms with E-state index in [4.69, 9.17) is 5.11 Å². The van der Waals surface area contributed by atoms with E-state index in [2.05, 4.69) is 5.32 Å². The second kappa shape index (κ2) is 4.91. The summed E-state index contributed by atoms with van der Waals surface area (Å²) in [5.41, 5.74) is -1.13. The van der Waals surface area contributed by atoms with Crippen LogP contribution in [0.25, 0.3) is 0 Å². The van der Waals surface area contributed by atoms with E-state index in [1.807, 2.05) is 22.6 Å². The molecule has 1 amide bonds. The third-order valence-electron chi connectivity index (χ3n) is 2.17. The molecule has 0 bridgehead atoms. The molecule has 0 spiro atoms. The van der Waals surface area contributed by atoms with Crippen molar-refractivity contribution in [2.75, 3.05) is 0 Å². The van der Waals surface area contributed by atoms with Gasteiger partial charge in [-0.15, -0.1) is 0 Å². The van der Waals surface area contributed by atoms with E-state index < -0.39 is 17.4 Å². The number of hydrogen-bond donors (Lipinski definition) is 3. The molecule has 0 atom stereocenters. The Morgan fingerprint density at radius 1 is 1.35 bits per heavy atom. The molecule has 0 heterocycles. The van der Waals surface area contributed by atoms with Gasteiger partial charge in [-0.3, -0.25) is 4.79 Å². The van der Waals surface area contributed by atoms with E-state index >= 15 is 0 Å². The maximum absolute atomic E-state index is 11.7. The van der Waals surface area contributed by atoms with Crippen LogP contribution in [0.1, 0.15) is 24.2 Å². The van der Waals surface area contributed by atoms with Crippen molar-refractivity contribution >= 4 is 34.5 Å². The van der Waals surface area contributed by atoms with Crippen molar-refractivity contribution in [2.45, 2.75) is 19.4 Å². The Balaban J connectivity index is 2.91. The molecule has 0 saturated carbocycles. The third-order valence-corrected chi connectivity index (χ3v) is 3.08. The van der Waals surface area contributed by atoms with Gasteiger partial charge in [0.15, 0.2) is 0 Å². The summed E-state index contributed by atoms with van der Waals surface area (Å²) in [5.74, 6) is -1.67. The second-order valence-electron chi connectivity index (χ2n) is 4.05. The highest BCUT2D eigenvalue weighted by Crippen LogP contribution is 2.20. The number of carbonyl (C=O) groups is 2. The first-order valence-corrected chi connectivity index (χ1v) is 5.86. The Hall–Kier alpha value is -1.31. The van der Waals surface area contributed by atoms with Gasteiger partial charge in [0.05, 0.1) is 3.57 Å². The zero-order valence-electron chi connectivity index (χ0n) is 9.32. The van der Waals surface area contributed by atoms with Gasteiger partial charge in [-0.25, -0.2) is 4.79 Å². The van der Waals surface area contributed by atoms with Crippen LogP contribution in [0.4, 0.5) is 0 Å². The van der Waals surface area contributed by atoms with Crippen molar-refractivity contribution < 1.29 is 19.8 Å². The molecule has 6 heteroatoms. The highest BCUT2D eigenvalue weighted by molar-refractivity contribution is 14.1. The Labute approximate surface area is 112 Å². The average Bonchev–Trinajstić information content (AvgIpc) is 2.21. The van der Waals surface area contributed by atoms with Crippen molar-refractivity contribution in [3.8, 4) is 5.75 Å². The topological polar surface area (TPSA) is 86.6 Å². The van der Waals surface area contributed by atoms with Crippen LogP contribution in [0.15, 0.2) is 18.2 Å². The van der Waals surface area contributed by atoms with Crippen LogP contribution in [0.2, 0.25) is 0 Å². The van der Waals surface area contributed by atoms with Gasteiger partial charge in [-0.05, 0) is 54.6 Å². The number of carboxylic acids is 1. The number of carbonyl (C=O) groups excluding carboxylic acids is 1. The Morgan fingerprint density at radius 3 is 2.41 bits per heavy atom. The van der Waals surface area contributed by atoms with Gasteiger partial charge in [-0.2, -0.15) is 0 Å². The van der Waals surface area contributed by atoms with Crippen LogP contribution in [0, 0.1) is 3.57 Å². The van der Waals surface area contributed by atoms with E-state index in [1.54, 1.807) is 6.07 Å². The molecule has 0 unspecified atom stereocenters. The number of rotatable bonds is 3. The molecule has 3 N–H and O–H groups in total. The Morgan fingerprint density at radius 2 is 1.94 bits per heavy atom. The second-order valence-corrected chi connectivity index (χ2v) is 5.21. The lowest BCUT2D eigenvalue weighted by molar-refractivity contribution is -0.143. The maximum Gasteiger partial charge on any atom is 0.328 e. The minimum absolute atomic E-state index is 0.00798. The molecule has 0 aliphatic carbocycles. The van der Waals surface area contributed by atoms with Gasteiger partial charge in [0.1, 0.15) is 11.3 Å². The number of aromatic hydroxyl groups is 1. The minimum atomic E-state index is -1.35. The minimum Gasteiger partial charge on any atom is -0.507 e. The SMILES string of the molecule is CC(C)(NC(=O)c1ccc(I)c(O)c1)C(=O)O. The van der Waals surface area contributed by atoms with Crippen molar-refractivity contribution in [3.05, 3.63) is 27.3 Å². The van der Waals surface area contributed by atoms with Gasteiger partial charge in [0.2, 0.25) is 0 Å². The molecular weight excluding hydrogens is 337 g/mol. The van der Waals surface area contributed by atoms with Crippen LogP contribution in [0.5, 0.6) is 5.75 Å². The van der Waals surface area contributed by atoms with Crippen LogP contribution < -0.4 is 5.32 Å². The number of aliphatic carboxylic acids is 1. The van der Waals surface area contributed by atoms with E-state index in [0.717, 1.165) is 0 Å². The van der Waals surface area contributed by atoms with Gasteiger partial charge in [-0.1, -0.05) is 0 Å². The standard InChI is InChI=1S/C11H12INO4/c1-11(2,10(16)17)13-9(15)6-3-4-7(12)8(14)5-6/h3-5,14H,1-2H3,(H,13,15)(H,16,17). The summed E-state index contributed by atoms with van der Waals surface area (Å²) >= 11 is 1.93.